The van der Waals surface area contributed by atoms with E-state index in [1.807, 2.05) is 12.1 Å². The van der Waals surface area contributed by atoms with Crippen LogP contribution in [0, 0.1) is 0 Å². The summed E-state index contributed by atoms with van der Waals surface area (Å²) in [7, 11) is 0. The number of aromatic nitrogens is 2. The van der Waals surface area contributed by atoms with E-state index in [1.54, 1.807) is 0 Å². The second kappa shape index (κ2) is 4.18. The number of anilines is 1. The van der Waals surface area contributed by atoms with Crippen molar-refractivity contribution in [3.8, 4) is 11.1 Å². The maximum Gasteiger partial charge on any atom is 0.153 e. The van der Waals surface area contributed by atoms with E-state index in [9.17, 15) is 0 Å². The fraction of sp³-hybridized carbons (Fsp3) is 0.308. The molecule has 3 N–H and O–H groups in total. The van der Waals surface area contributed by atoms with Crippen molar-refractivity contribution in [3.05, 3.63) is 34.4 Å². The van der Waals surface area contributed by atoms with Crippen LogP contribution in [0.5, 0.6) is 0 Å². The molecule has 1 saturated carbocycles. The fourth-order valence-corrected chi connectivity index (χ4v) is 2.71. The maximum absolute atomic E-state index is 5.98. The Labute approximate surface area is 109 Å². The third kappa shape index (κ3) is 1.86. The molecule has 1 fully saturated rings. The van der Waals surface area contributed by atoms with Gasteiger partial charge >= 0.3 is 0 Å². The molecule has 2 aromatic rings. The molecule has 1 aliphatic rings. The number of nitrogen functional groups attached to an aromatic ring is 1. The van der Waals surface area contributed by atoms with Crippen molar-refractivity contribution in [2.24, 2.45) is 0 Å². The van der Waals surface area contributed by atoms with Gasteiger partial charge in [0.1, 0.15) is 0 Å². The molecule has 1 aromatic heterocycles. The van der Waals surface area contributed by atoms with Crippen molar-refractivity contribution in [3.63, 3.8) is 0 Å². The van der Waals surface area contributed by atoms with Gasteiger partial charge in [-0.15, -0.1) is 0 Å². The second-order valence-corrected chi connectivity index (χ2v) is 5.45. The van der Waals surface area contributed by atoms with Gasteiger partial charge in [0.25, 0.3) is 0 Å². The quantitative estimate of drug-likeness (QED) is 0.887. The third-order valence-electron chi connectivity index (χ3n) is 3.45. The lowest BCUT2D eigenvalue weighted by Crippen LogP contribution is -2.10. The average Bonchev–Trinajstić information content (AvgIpc) is 2.58. The van der Waals surface area contributed by atoms with Crippen molar-refractivity contribution < 1.29 is 0 Å². The van der Waals surface area contributed by atoms with E-state index in [2.05, 4.69) is 38.3 Å². The van der Waals surface area contributed by atoms with Crippen molar-refractivity contribution in [1.29, 1.82) is 0 Å². The van der Waals surface area contributed by atoms with E-state index in [-0.39, 0.29) is 0 Å². The predicted octanol–water partition coefficient (Wildman–Crippen LogP) is 3.69. The van der Waals surface area contributed by atoms with Gasteiger partial charge < -0.3 is 5.73 Å². The number of benzene rings is 1. The highest BCUT2D eigenvalue weighted by Gasteiger charge is 2.26. The van der Waals surface area contributed by atoms with E-state index in [1.165, 1.54) is 25.0 Å². The van der Waals surface area contributed by atoms with Crippen LogP contribution in [-0.4, -0.2) is 10.2 Å². The summed E-state index contributed by atoms with van der Waals surface area (Å²) in [4.78, 5) is 0. The molecule has 1 aromatic carbocycles. The van der Waals surface area contributed by atoms with Crippen LogP contribution >= 0.6 is 15.9 Å². The van der Waals surface area contributed by atoms with Gasteiger partial charge in [0.15, 0.2) is 5.82 Å². The van der Waals surface area contributed by atoms with Gasteiger partial charge in [0.2, 0.25) is 0 Å². The molecule has 1 aliphatic carbocycles. The summed E-state index contributed by atoms with van der Waals surface area (Å²) in [6.07, 6.45) is 3.78. The predicted molar refractivity (Wildman–Crippen MR) is 72.7 cm³/mol. The summed E-state index contributed by atoms with van der Waals surface area (Å²) in [5.41, 5.74) is 9.39. The van der Waals surface area contributed by atoms with E-state index in [0.717, 1.165) is 15.6 Å². The zero-order valence-electron chi connectivity index (χ0n) is 9.41. The van der Waals surface area contributed by atoms with Crippen LogP contribution in [0.3, 0.4) is 0 Å². The van der Waals surface area contributed by atoms with Crippen LogP contribution < -0.4 is 5.73 Å². The van der Waals surface area contributed by atoms with Crippen LogP contribution in [0.15, 0.2) is 28.7 Å². The SMILES string of the molecule is Nc1n[nH]c(C2CCC2)c1-c1cccc(Br)c1. The summed E-state index contributed by atoms with van der Waals surface area (Å²) < 4.78 is 1.06. The lowest BCUT2D eigenvalue weighted by atomic mass is 9.80. The molecular formula is C13H14BrN3. The Balaban J connectivity index is 2.09. The van der Waals surface area contributed by atoms with E-state index < -0.39 is 0 Å². The highest BCUT2D eigenvalue weighted by molar-refractivity contribution is 9.10. The first-order chi connectivity index (χ1) is 8.25. The maximum atomic E-state index is 5.98. The lowest BCUT2D eigenvalue weighted by molar-refractivity contribution is 0.411. The molecule has 0 bridgehead atoms. The van der Waals surface area contributed by atoms with Crippen molar-refractivity contribution in [2.75, 3.05) is 5.73 Å². The molecule has 0 spiro atoms. The van der Waals surface area contributed by atoms with Gasteiger partial charge in [-0.25, -0.2) is 0 Å². The van der Waals surface area contributed by atoms with Gasteiger partial charge in [-0.1, -0.05) is 34.5 Å². The third-order valence-corrected chi connectivity index (χ3v) is 3.94. The molecule has 4 heteroatoms. The number of H-pyrrole nitrogens is 1. The number of nitrogens with one attached hydrogen (secondary N) is 1. The van der Waals surface area contributed by atoms with Gasteiger partial charge in [-0.3, -0.25) is 5.10 Å². The summed E-state index contributed by atoms with van der Waals surface area (Å²) in [5, 5.41) is 7.27. The van der Waals surface area contributed by atoms with Crippen molar-refractivity contribution >= 4 is 21.7 Å². The smallest absolute Gasteiger partial charge is 0.153 e. The second-order valence-electron chi connectivity index (χ2n) is 4.54. The Morgan fingerprint density at radius 2 is 2.18 bits per heavy atom. The largest absolute Gasteiger partial charge is 0.382 e. The number of halogens is 1. The highest BCUT2D eigenvalue weighted by atomic mass is 79.9. The van der Waals surface area contributed by atoms with Crippen LogP contribution in [0.1, 0.15) is 30.9 Å². The molecule has 0 unspecified atom stereocenters. The van der Waals surface area contributed by atoms with Crippen molar-refractivity contribution in [1.82, 2.24) is 10.2 Å². The van der Waals surface area contributed by atoms with Gasteiger partial charge in [0.05, 0.1) is 0 Å². The molecule has 0 radical (unpaired) electrons. The van der Waals surface area contributed by atoms with Crippen LogP contribution in [0.2, 0.25) is 0 Å². The molecule has 1 heterocycles. The molecule has 0 amide bonds. The Morgan fingerprint density at radius 1 is 1.35 bits per heavy atom. The Morgan fingerprint density at radius 3 is 2.82 bits per heavy atom. The summed E-state index contributed by atoms with van der Waals surface area (Å²) in [6, 6.07) is 8.21. The number of nitrogens with two attached hydrogens (primary N) is 1. The van der Waals surface area contributed by atoms with Crippen molar-refractivity contribution in [2.45, 2.75) is 25.2 Å². The average molecular weight is 292 g/mol. The van der Waals surface area contributed by atoms with Crippen LogP contribution in [0.25, 0.3) is 11.1 Å². The Hall–Kier alpha value is -1.29. The summed E-state index contributed by atoms with van der Waals surface area (Å²) >= 11 is 3.49. The molecule has 17 heavy (non-hydrogen) atoms. The van der Waals surface area contributed by atoms with Gasteiger partial charge in [0, 0.05) is 21.6 Å². The number of rotatable bonds is 2. The Kier molecular flexibility index (Phi) is 2.67. The standard InChI is InChI=1S/C13H14BrN3/c14-10-6-2-5-9(7-10)11-12(8-3-1-4-8)16-17-13(11)15/h2,5-8H,1,3-4H2,(H3,15,16,17). The number of aromatic amines is 1. The zero-order valence-corrected chi connectivity index (χ0v) is 11.0. The lowest BCUT2D eigenvalue weighted by Gasteiger charge is -2.25. The topological polar surface area (TPSA) is 54.7 Å². The van der Waals surface area contributed by atoms with Gasteiger partial charge in [-0.05, 0) is 30.5 Å². The number of nitrogens with zero attached hydrogens (tertiary/aromatic N) is 1. The first-order valence-corrected chi connectivity index (χ1v) is 6.64. The molecule has 88 valence electrons. The number of hydrogen-bond acceptors (Lipinski definition) is 2. The van der Waals surface area contributed by atoms with Crippen LogP contribution in [0.4, 0.5) is 5.82 Å². The summed E-state index contributed by atoms with van der Waals surface area (Å²) in [6.45, 7) is 0. The van der Waals surface area contributed by atoms with E-state index in [0.29, 0.717) is 11.7 Å². The molecule has 0 saturated heterocycles. The molecule has 0 atom stereocenters. The highest BCUT2D eigenvalue weighted by Crippen LogP contribution is 2.42. The molecular weight excluding hydrogens is 278 g/mol. The Bertz CT molecular complexity index is 543. The molecule has 3 rings (SSSR count). The molecule has 0 aliphatic heterocycles. The minimum absolute atomic E-state index is 0.602. The fourth-order valence-electron chi connectivity index (χ4n) is 2.31. The van der Waals surface area contributed by atoms with E-state index >= 15 is 0 Å². The first-order valence-electron chi connectivity index (χ1n) is 5.85. The zero-order chi connectivity index (χ0) is 11.8. The molecule has 3 nitrogen and oxygen atoms in total. The van der Waals surface area contributed by atoms with Gasteiger partial charge in [-0.2, -0.15) is 5.10 Å². The monoisotopic (exact) mass is 291 g/mol. The normalized spacial score (nSPS) is 15.8. The minimum Gasteiger partial charge on any atom is -0.382 e. The number of hydrogen-bond donors (Lipinski definition) is 2. The summed E-state index contributed by atoms with van der Waals surface area (Å²) in [5.74, 6) is 1.21. The van der Waals surface area contributed by atoms with E-state index in [4.69, 9.17) is 5.73 Å². The minimum atomic E-state index is 0.602. The first kappa shape index (κ1) is 10.8. The van der Waals surface area contributed by atoms with Crippen LogP contribution in [-0.2, 0) is 0 Å².